The van der Waals surface area contributed by atoms with Gasteiger partial charge in [-0.25, -0.2) is 9.59 Å². The van der Waals surface area contributed by atoms with Crippen molar-refractivity contribution in [3.05, 3.63) is 0 Å². The second kappa shape index (κ2) is 10.9. The summed E-state index contributed by atoms with van der Waals surface area (Å²) in [6.07, 6.45) is -0.954. The highest BCUT2D eigenvalue weighted by Gasteiger charge is 1.99. The van der Waals surface area contributed by atoms with Crippen LogP contribution in [0, 0.1) is 0 Å². The van der Waals surface area contributed by atoms with Crippen molar-refractivity contribution in [1.29, 1.82) is 0 Å². The van der Waals surface area contributed by atoms with Crippen molar-refractivity contribution in [2.75, 3.05) is 26.4 Å². The molecule has 0 aliphatic carbocycles. The van der Waals surface area contributed by atoms with Crippen molar-refractivity contribution in [1.82, 2.24) is 0 Å². The zero-order valence-corrected chi connectivity index (χ0v) is 7.87. The van der Waals surface area contributed by atoms with E-state index >= 15 is 0 Å². The van der Waals surface area contributed by atoms with E-state index in [9.17, 15) is 9.59 Å². The van der Waals surface area contributed by atoms with Crippen LogP contribution in [0.3, 0.4) is 0 Å². The van der Waals surface area contributed by atoms with Gasteiger partial charge in [0.05, 0.1) is 13.2 Å². The third kappa shape index (κ3) is 19.3. The predicted octanol–water partition coefficient (Wildman–Crippen LogP) is -2.50. The predicted molar refractivity (Wildman–Crippen MR) is 46.3 cm³/mol. The van der Waals surface area contributed by atoms with E-state index < -0.39 is 31.3 Å². The molecular formula is C7H14O8. The van der Waals surface area contributed by atoms with Gasteiger partial charge in [-0.1, -0.05) is 0 Å². The minimum absolute atomic E-state index is 0.365. The molecule has 0 aliphatic heterocycles. The molecule has 0 aliphatic rings. The Bertz CT molecular complexity index is 162. The van der Waals surface area contributed by atoms with E-state index in [1.165, 1.54) is 0 Å². The van der Waals surface area contributed by atoms with Crippen LogP contribution in [0.25, 0.3) is 0 Å². The monoisotopic (exact) mass is 226 g/mol. The van der Waals surface area contributed by atoms with Crippen LogP contribution < -0.4 is 0 Å². The second-order valence-corrected chi connectivity index (χ2v) is 2.30. The van der Waals surface area contributed by atoms with Crippen LogP contribution in [0.5, 0.6) is 0 Å². The highest BCUT2D eigenvalue weighted by Crippen LogP contribution is 1.73. The highest BCUT2D eigenvalue weighted by molar-refractivity contribution is 5.70. The average Bonchev–Trinajstić information content (AvgIpc) is 2.16. The summed E-state index contributed by atoms with van der Waals surface area (Å²) < 4.78 is 4.16. The van der Waals surface area contributed by atoms with Gasteiger partial charge in [-0.15, -0.1) is 0 Å². The first kappa shape index (κ1) is 16.2. The normalized spacial score (nSPS) is 9.33. The number of carbonyl (C=O) groups is 2. The van der Waals surface area contributed by atoms with Gasteiger partial charge in [0, 0.05) is 0 Å². The van der Waals surface area contributed by atoms with Gasteiger partial charge in [0.2, 0.25) is 0 Å². The van der Waals surface area contributed by atoms with E-state index in [2.05, 4.69) is 4.74 Å². The van der Waals surface area contributed by atoms with Gasteiger partial charge < -0.3 is 30.3 Å². The molecule has 0 atom stereocenters. The number of hydrogen-bond donors (Lipinski definition) is 5. The van der Waals surface area contributed by atoms with Crippen LogP contribution in [-0.4, -0.2) is 70.0 Å². The SMILES string of the molecule is O=C(O)COCC(=O)O.OCC(O)CO. The van der Waals surface area contributed by atoms with Crippen LogP contribution in [0.1, 0.15) is 0 Å². The van der Waals surface area contributed by atoms with Crippen molar-refractivity contribution in [3.63, 3.8) is 0 Å². The van der Waals surface area contributed by atoms with Gasteiger partial charge >= 0.3 is 11.9 Å². The van der Waals surface area contributed by atoms with Crippen molar-refractivity contribution in [2.45, 2.75) is 6.10 Å². The van der Waals surface area contributed by atoms with Crippen LogP contribution in [0.2, 0.25) is 0 Å². The van der Waals surface area contributed by atoms with E-state index in [1.54, 1.807) is 0 Å². The molecule has 0 saturated carbocycles. The molecule has 0 amide bonds. The van der Waals surface area contributed by atoms with Gasteiger partial charge in [-0.2, -0.15) is 0 Å². The lowest BCUT2D eigenvalue weighted by atomic mass is 10.4. The Morgan fingerprint density at radius 3 is 1.47 bits per heavy atom. The van der Waals surface area contributed by atoms with Gasteiger partial charge in [-0.05, 0) is 0 Å². The third-order valence-corrected chi connectivity index (χ3v) is 0.873. The van der Waals surface area contributed by atoms with Crippen LogP contribution in [-0.2, 0) is 14.3 Å². The minimum Gasteiger partial charge on any atom is -0.480 e. The van der Waals surface area contributed by atoms with Crippen molar-refractivity contribution < 1.29 is 39.9 Å². The molecule has 0 rings (SSSR count). The maximum Gasteiger partial charge on any atom is 0.329 e. The van der Waals surface area contributed by atoms with E-state index in [0.29, 0.717) is 0 Å². The lowest BCUT2D eigenvalue weighted by molar-refractivity contribution is -0.148. The first-order valence-corrected chi connectivity index (χ1v) is 3.85. The number of ether oxygens (including phenoxy) is 1. The zero-order chi connectivity index (χ0) is 12.3. The largest absolute Gasteiger partial charge is 0.480 e. The molecule has 0 aromatic heterocycles. The molecule has 0 aromatic carbocycles. The van der Waals surface area contributed by atoms with Gasteiger partial charge in [-0.3, -0.25) is 0 Å². The molecule has 0 saturated heterocycles. The van der Waals surface area contributed by atoms with Crippen LogP contribution in [0.15, 0.2) is 0 Å². The maximum atomic E-state index is 9.66. The van der Waals surface area contributed by atoms with Gasteiger partial charge in [0.15, 0.2) is 0 Å². The molecule has 90 valence electrons. The molecule has 5 N–H and O–H groups in total. The number of rotatable bonds is 6. The molecule has 0 heterocycles. The molecule has 8 heteroatoms. The molecule has 0 fully saturated rings. The number of aliphatic hydroxyl groups excluding tert-OH is 3. The summed E-state index contributed by atoms with van der Waals surface area (Å²) >= 11 is 0. The minimum atomic E-state index is -1.17. The van der Waals surface area contributed by atoms with E-state index in [4.69, 9.17) is 25.5 Å². The Hall–Kier alpha value is -1.22. The fourth-order valence-corrected chi connectivity index (χ4v) is 0.283. The summed E-state index contributed by atoms with van der Waals surface area (Å²) in [5, 5.41) is 39.8. The summed E-state index contributed by atoms with van der Waals surface area (Å²) in [4.78, 5) is 19.3. The summed E-state index contributed by atoms with van der Waals surface area (Å²) in [7, 11) is 0. The summed E-state index contributed by atoms with van der Waals surface area (Å²) in [5.41, 5.74) is 0. The first-order chi connectivity index (χ1) is 6.93. The van der Waals surface area contributed by atoms with E-state index in [0.717, 1.165) is 0 Å². The number of carboxylic acid groups (broad SMARTS) is 2. The highest BCUT2D eigenvalue weighted by atomic mass is 16.5. The Kier molecular flexibility index (Phi) is 11.7. The Morgan fingerprint density at radius 1 is 1.00 bits per heavy atom. The second-order valence-electron chi connectivity index (χ2n) is 2.30. The molecule has 0 spiro atoms. The van der Waals surface area contributed by atoms with Gasteiger partial charge in [0.25, 0.3) is 0 Å². The number of aliphatic carboxylic acids is 2. The average molecular weight is 226 g/mol. The summed E-state index contributed by atoms with van der Waals surface area (Å²) in [5.74, 6) is -2.34. The Morgan fingerprint density at radius 2 is 1.33 bits per heavy atom. The fourth-order valence-electron chi connectivity index (χ4n) is 0.283. The quantitative estimate of drug-likeness (QED) is 0.334. The van der Waals surface area contributed by atoms with E-state index in [-0.39, 0.29) is 13.2 Å². The first-order valence-electron chi connectivity index (χ1n) is 3.85. The molecule has 0 unspecified atom stereocenters. The standard InChI is InChI=1S/C4H6O5.C3H8O3/c5-3(6)1-9-2-4(7)8;4-1-3(6)2-5/h1-2H2,(H,5,6)(H,7,8);3-6H,1-2H2. The van der Waals surface area contributed by atoms with Crippen molar-refractivity contribution in [3.8, 4) is 0 Å². The zero-order valence-electron chi connectivity index (χ0n) is 7.87. The van der Waals surface area contributed by atoms with Crippen LogP contribution >= 0.6 is 0 Å². The number of hydrogen-bond acceptors (Lipinski definition) is 6. The lowest BCUT2D eigenvalue weighted by Gasteiger charge is -1.96. The maximum absolute atomic E-state index is 9.66. The van der Waals surface area contributed by atoms with Crippen molar-refractivity contribution >= 4 is 11.9 Å². The topological polar surface area (TPSA) is 145 Å². The summed E-state index contributed by atoms with van der Waals surface area (Å²) in [6, 6.07) is 0. The Labute approximate surface area is 85.3 Å². The Balaban J connectivity index is 0. The summed E-state index contributed by atoms with van der Waals surface area (Å²) in [6.45, 7) is -1.86. The molecule has 15 heavy (non-hydrogen) atoms. The molecule has 0 aromatic rings. The smallest absolute Gasteiger partial charge is 0.329 e. The molecule has 0 bridgehead atoms. The fraction of sp³-hybridized carbons (Fsp3) is 0.714. The lowest BCUT2D eigenvalue weighted by Crippen LogP contribution is -2.15. The molecule has 0 radical (unpaired) electrons. The number of carboxylic acids is 2. The molecule has 8 nitrogen and oxygen atoms in total. The molecular weight excluding hydrogens is 212 g/mol. The van der Waals surface area contributed by atoms with Crippen LogP contribution in [0.4, 0.5) is 0 Å². The third-order valence-electron chi connectivity index (χ3n) is 0.873. The van der Waals surface area contributed by atoms with Gasteiger partial charge in [0.1, 0.15) is 19.3 Å². The van der Waals surface area contributed by atoms with Crippen molar-refractivity contribution in [2.24, 2.45) is 0 Å². The van der Waals surface area contributed by atoms with E-state index in [1.807, 2.05) is 0 Å². The number of aliphatic hydroxyl groups is 3.